The lowest BCUT2D eigenvalue weighted by Crippen LogP contribution is -2.56. The fraction of sp³-hybridized carbons (Fsp3) is 0.500. The standard InChI is InChI=1S/C14H19ClN2O/c1-9-6-12(15)4-5-13(9)14(18)17-8-10(2)16-7-11(17)3/h4-6,10-11,16H,7-8H2,1-3H3. The Hall–Kier alpha value is -1.06. The average molecular weight is 267 g/mol. The minimum Gasteiger partial charge on any atom is -0.333 e. The van der Waals surface area contributed by atoms with Crippen molar-refractivity contribution in [1.82, 2.24) is 10.2 Å². The van der Waals surface area contributed by atoms with E-state index >= 15 is 0 Å². The van der Waals surface area contributed by atoms with Crippen LogP contribution in [0.1, 0.15) is 29.8 Å². The van der Waals surface area contributed by atoms with Gasteiger partial charge in [-0.25, -0.2) is 0 Å². The molecule has 0 aromatic heterocycles. The molecule has 0 radical (unpaired) electrons. The lowest BCUT2D eigenvalue weighted by Gasteiger charge is -2.37. The van der Waals surface area contributed by atoms with E-state index in [9.17, 15) is 4.79 Å². The van der Waals surface area contributed by atoms with E-state index in [1.807, 2.05) is 24.0 Å². The summed E-state index contributed by atoms with van der Waals surface area (Å²) in [6.45, 7) is 7.69. The van der Waals surface area contributed by atoms with Crippen LogP contribution in [0.4, 0.5) is 0 Å². The third-order valence-corrected chi connectivity index (χ3v) is 3.68. The van der Waals surface area contributed by atoms with E-state index in [0.717, 1.165) is 24.2 Å². The summed E-state index contributed by atoms with van der Waals surface area (Å²) in [5, 5.41) is 4.05. The average Bonchev–Trinajstić information content (AvgIpc) is 2.31. The molecule has 1 saturated heterocycles. The fourth-order valence-electron chi connectivity index (χ4n) is 2.33. The predicted molar refractivity (Wildman–Crippen MR) is 74.2 cm³/mol. The van der Waals surface area contributed by atoms with Gasteiger partial charge in [0.05, 0.1) is 0 Å². The van der Waals surface area contributed by atoms with E-state index in [0.29, 0.717) is 11.1 Å². The number of nitrogens with one attached hydrogen (secondary N) is 1. The van der Waals surface area contributed by atoms with Crippen LogP contribution in [0, 0.1) is 6.92 Å². The van der Waals surface area contributed by atoms with Gasteiger partial charge in [-0.3, -0.25) is 4.79 Å². The van der Waals surface area contributed by atoms with E-state index < -0.39 is 0 Å². The van der Waals surface area contributed by atoms with Gasteiger partial charge in [0.15, 0.2) is 0 Å². The molecular formula is C14H19ClN2O. The zero-order valence-electron chi connectivity index (χ0n) is 11.0. The summed E-state index contributed by atoms with van der Waals surface area (Å²) in [7, 11) is 0. The summed E-state index contributed by atoms with van der Waals surface area (Å²) in [5.41, 5.74) is 1.69. The molecule has 1 heterocycles. The minimum atomic E-state index is 0.102. The van der Waals surface area contributed by atoms with Gasteiger partial charge in [-0.2, -0.15) is 0 Å². The second-order valence-electron chi connectivity index (χ2n) is 5.08. The highest BCUT2D eigenvalue weighted by Crippen LogP contribution is 2.19. The summed E-state index contributed by atoms with van der Waals surface area (Å²) in [5.74, 6) is 0.102. The van der Waals surface area contributed by atoms with Crippen molar-refractivity contribution in [3.8, 4) is 0 Å². The molecule has 4 heteroatoms. The van der Waals surface area contributed by atoms with Crippen LogP contribution in [0.2, 0.25) is 5.02 Å². The van der Waals surface area contributed by atoms with Crippen LogP contribution in [0.3, 0.4) is 0 Å². The number of carbonyl (C=O) groups excluding carboxylic acids is 1. The van der Waals surface area contributed by atoms with Crippen LogP contribution < -0.4 is 5.32 Å². The molecule has 18 heavy (non-hydrogen) atoms. The minimum absolute atomic E-state index is 0.102. The van der Waals surface area contributed by atoms with Gasteiger partial charge in [0.25, 0.3) is 5.91 Å². The lowest BCUT2D eigenvalue weighted by atomic mass is 10.0. The summed E-state index contributed by atoms with van der Waals surface area (Å²) in [4.78, 5) is 14.5. The summed E-state index contributed by atoms with van der Waals surface area (Å²) < 4.78 is 0. The highest BCUT2D eigenvalue weighted by Gasteiger charge is 2.27. The van der Waals surface area contributed by atoms with Gasteiger partial charge in [-0.1, -0.05) is 11.6 Å². The number of aryl methyl sites for hydroxylation is 1. The number of hydrogen-bond donors (Lipinski definition) is 1. The van der Waals surface area contributed by atoms with Crippen LogP contribution in [0.15, 0.2) is 18.2 Å². The van der Waals surface area contributed by atoms with Gasteiger partial charge in [0, 0.05) is 35.8 Å². The molecule has 1 aliphatic rings. The fourth-order valence-corrected chi connectivity index (χ4v) is 2.55. The second-order valence-corrected chi connectivity index (χ2v) is 5.51. The van der Waals surface area contributed by atoms with E-state index in [1.54, 1.807) is 6.07 Å². The van der Waals surface area contributed by atoms with E-state index in [1.165, 1.54) is 0 Å². The molecule has 1 aromatic rings. The smallest absolute Gasteiger partial charge is 0.254 e. The highest BCUT2D eigenvalue weighted by atomic mass is 35.5. The second kappa shape index (κ2) is 5.29. The number of carbonyl (C=O) groups is 1. The molecule has 98 valence electrons. The van der Waals surface area contributed by atoms with E-state index in [4.69, 9.17) is 11.6 Å². The molecule has 1 aromatic carbocycles. The number of hydrogen-bond acceptors (Lipinski definition) is 2. The first-order valence-electron chi connectivity index (χ1n) is 6.29. The van der Waals surface area contributed by atoms with Gasteiger partial charge in [-0.05, 0) is 44.5 Å². The topological polar surface area (TPSA) is 32.3 Å². The van der Waals surface area contributed by atoms with Crippen molar-refractivity contribution in [3.05, 3.63) is 34.3 Å². The monoisotopic (exact) mass is 266 g/mol. The number of rotatable bonds is 1. The molecule has 1 aliphatic heterocycles. The zero-order valence-corrected chi connectivity index (χ0v) is 11.8. The Balaban J connectivity index is 2.24. The molecule has 0 aliphatic carbocycles. The Morgan fingerprint density at radius 2 is 2.17 bits per heavy atom. The van der Waals surface area contributed by atoms with Gasteiger partial charge < -0.3 is 10.2 Å². The summed E-state index contributed by atoms with van der Waals surface area (Å²) >= 11 is 5.92. The number of benzene rings is 1. The van der Waals surface area contributed by atoms with Gasteiger partial charge in [-0.15, -0.1) is 0 Å². The number of piperazine rings is 1. The molecule has 0 spiro atoms. The van der Waals surface area contributed by atoms with Crippen molar-refractivity contribution in [2.45, 2.75) is 32.9 Å². The molecule has 1 fully saturated rings. The third-order valence-electron chi connectivity index (χ3n) is 3.44. The van der Waals surface area contributed by atoms with Crippen molar-refractivity contribution in [1.29, 1.82) is 0 Å². The first-order chi connectivity index (χ1) is 8.49. The van der Waals surface area contributed by atoms with Crippen LogP contribution in [0.25, 0.3) is 0 Å². The maximum Gasteiger partial charge on any atom is 0.254 e. The lowest BCUT2D eigenvalue weighted by molar-refractivity contribution is 0.0615. The van der Waals surface area contributed by atoms with Crippen molar-refractivity contribution in [3.63, 3.8) is 0 Å². The summed E-state index contributed by atoms with van der Waals surface area (Å²) in [6.07, 6.45) is 0. The summed E-state index contributed by atoms with van der Waals surface area (Å²) in [6, 6.07) is 6.00. The van der Waals surface area contributed by atoms with Gasteiger partial charge in [0.2, 0.25) is 0 Å². The van der Waals surface area contributed by atoms with E-state index in [-0.39, 0.29) is 11.9 Å². The molecule has 2 unspecified atom stereocenters. The third kappa shape index (κ3) is 2.68. The number of halogens is 1. The van der Waals surface area contributed by atoms with Crippen LogP contribution in [-0.2, 0) is 0 Å². The quantitative estimate of drug-likeness (QED) is 0.847. The molecular weight excluding hydrogens is 248 g/mol. The van der Waals surface area contributed by atoms with Crippen molar-refractivity contribution in [2.75, 3.05) is 13.1 Å². The van der Waals surface area contributed by atoms with Crippen LogP contribution in [0.5, 0.6) is 0 Å². The molecule has 2 rings (SSSR count). The largest absolute Gasteiger partial charge is 0.333 e. The van der Waals surface area contributed by atoms with Crippen LogP contribution in [-0.4, -0.2) is 36.0 Å². The Kier molecular flexibility index (Phi) is 3.93. The number of amides is 1. The molecule has 0 saturated carbocycles. The maximum atomic E-state index is 12.5. The van der Waals surface area contributed by atoms with Crippen molar-refractivity contribution < 1.29 is 4.79 Å². The first-order valence-corrected chi connectivity index (χ1v) is 6.67. The molecule has 1 amide bonds. The number of nitrogens with zero attached hydrogens (tertiary/aromatic N) is 1. The van der Waals surface area contributed by atoms with E-state index in [2.05, 4.69) is 19.2 Å². The first kappa shape index (κ1) is 13.4. The zero-order chi connectivity index (χ0) is 13.3. The SMILES string of the molecule is Cc1cc(Cl)ccc1C(=O)N1CC(C)NCC1C. The van der Waals surface area contributed by atoms with Gasteiger partial charge in [0.1, 0.15) is 0 Å². The Morgan fingerprint density at radius 1 is 1.44 bits per heavy atom. The van der Waals surface area contributed by atoms with Gasteiger partial charge >= 0.3 is 0 Å². The van der Waals surface area contributed by atoms with Crippen LogP contribution >= 0.6 is 11.6 Å². The molecule has 2 atom stereocenters. The normalized spacial score (nSPS) is 24.1. The molecule has 0 bridgehead atoms. The highest BCUT2D eigenvalue weighted by molar-refractivity contribution is 6.30. The predicted octanol–water partition coefficient (Wildman–Crippen LogP) is 2.47. The molecule has 3 nitrogen and oxygen atoms in total. The molecule has 1 N–H and O–H groups in total. The Bertz CT molecular complexity index is 461. The Morgan fingerprint density at radius 3 is 2.83 bits per heavy atom. The van der Waals surface area contributed by atoms with Crippen molar-refractivity contribution >= 4 is 17.5 Å². The Labute approximate surface area is 113 Å². The van der Waals surface area contributed by atoms with Crippen molar-refractivity contribution in [2.24, 2.45) is 0 Å². The maximum absolute atomic E-state index is 12.5.